The number of nitrogens with zero attached hydrogens (tertiary/aromatic N) is 3. The van der Waals surface area contributed by atoms with Crippen molar-refractivity contribution in [2.24, 2.45) is 0 Å². The van der Waals surface area contributed by atoms with Gasteiger partial charge in [0.05, 0.1) is 11.4 Å². The van der Waals surface area contributed by atoms with Crippen molar-refractivity contribution in [2.75, 3.05) is 21.1 Å². The van der Waals surface area contributed by atoms with Gasteiger partial charge in [0.2, 0.25) is 15.9 Å². The van der Waals surface area contributed by atoms with Gasteiger partial charge in [-0.1, -0.05) is 11.6 Å². The van der Waals surface area contributed by atoms with Gasteiger partial charge in [0.1, 0.15) is 18.1 Å². The van der Waals surface area contributed by atoms with Crippen molar-refractivity contribution >= 4 is 27.5 Å². The number of hydrogen-bond donors (Lipinski definition) is 0. The van der Waals surface area contributed by atoms with E-state index < -0.39 is 15.6 Å². The highest BCUT2D eigenvalue weighted by atomic mass is 35.5. The van der Waals surface area contributed by atoms with Crippen LogP contribution >= 0.6 is 11.6 Å². The van der Waals surface area contributed by atoms with Gasteiger partial charge in [-0.15, -0.1) is 0 Å². The molecular formula is C21H22ClN3O5S. The second kappa shape index (κ2) is 9.09. The highest BCUT2D eigenvalue weighted by molar-refractivity contribution is 7.89. The summed E-state index contributed by atoms with van der Waals surface area (Å²) in [5.41, 5.74) is 0.387. The molecule has 1 aromatic carbocycles. The number of rotatable bonds is 7. The number of carbonyl (C=O) groups excluding carboxylic acids is 1. The minimum Gasteiger partial charge on any atom is -0.459 e. The molecule has 0 unspecified atom stereocenters. The van der Waals surface area contributed by atoms with E-state index in [4.69, 9.17) is 16.0 Å². The molecule has 0 saturated carbocycles. The number of hydrogen-bond acceptors (Lipinski definition) is 5. The maximum absolute atomic E-state index is 12.6. The van der Waals surface area contributed by atoms with Gasteiger partial charge in [0.15, 0.2) is 0 Å². The van der Waals surface area contributed by atoms with Crippen molar-refractivity contribution in [3.63, 3.8) is 0 Å². The average molecular weight is 464 g/mol. The second-order valence-electron chi connectivity index (χ2n) is 7.14. The Hall–Kier alpha value is -2.88. The Kier molecular flexibility index (Phi) is 6.68. The van der Waals surface area contributed by atoms with E-state index in [0.29, 0.717) is 16.5 Å². The fraction of sp³-hybridized carbons (Fsp3) is 0.238. The average Bonchev–Trinajstić information content (AvgIpc) is 3.18. The fourth-order valence-electron chi connectivity index (χ4n) is 2.82. The summed E-state index contributed by atoms with van der Waals surface area (Å²) >= 11 is 5.90. The molecule has 164 valence electrons. The molecule has 0 atom stereocenters. The minimum absolute atomic E-state index is 0.0637. The van der Waals surface area contributed by atoms with Gasteiger partial charge in [-0.25, -0.2) is 12.7 Å². The SMILES string of the molecule is CN(Cc1ccc(-c2ccc(Cl)cc2)o1)C(=O)Cn1cc(S(=O)(=O)N(C)C)ccc1=O. The number of halogens is 1. The monoisotopic (exact) mass is 463 g/mol. The Morgan fingerprint density at radius 3 is 2.35 bits per heavy atom. The molecule has 31 heavy (non-hydrogen) atoms. The molecule has 0 aliphatic heterocycles. The van der Waals surface area contributed by atoms with E-state index in [1.54, 1.807) is 31.3 Å². The van der Waals surface area contributed by atoms with Crippen LogP contribution in [0.1, 0.15) is 5.76 Å². The van der Waals surface area contributed by atoms with Gasteiger partial charge in [0, 0.05) is 44.0 Å². The first-order valence-corrected chi connectivity index (χ1v) is 11.1. The van der Waals surface area contributed by atoms with E-state index in [1.165, 1.54) is 31.3 Å². The molecule has 0 aliphatic rings. The number of sulfonamides is 1. The molecule has 8 nitrogen and oxygen atoms in total. The first kappa shape index (κ1) is 22.8. The molecule has 0 fully saturated rings. The lowest BCUT2D eigenvalue weighted by Gasteiger charge is -2.17. The molecular weight excluding hydrogens is 442 g/mol. The fourth-order valence-corrected chi connectivity index (χ4v) is 3.87. The van der Waals surface area contributed by atoms with Crippen LogP contribution in [0.2, 0.25) is 5.02 Å². The summed E-state index contributed by atoms with van der Waals surface area (Å²) in [4.78, 5) is 26.1. The summed E-state index contributed by atoms with van der Waals surface area (Å²) in [6.45, 7) is -0.103. The highest BCUT2D eigenvalue weighted by Crippen LogP contribution is 2.24. The molecule has 0 bridgehead atoms. The predicted octanol–water partition coefficient (Wildman–Crippen LogP) is 2.67. The van der Waals surface area contributed by atoms with Crippen LogP contribution in [0.25, 0.3) is 11.3 Å². The number of aromatic nitrogens is 1. The molecule has 0 radical (unpaired) electrons. The van der Waals surface area contributed by atoms with Gasteiger partial charge in [-0.3, -0.25) is 9.59 Å². The first-order valence-electron chi connectivity index (χ1n) is 9.29. The van der Waals surface area contributed by atoms with Crippen LogP contribution < -0.4 is 5.56 Å². The zero-order valence-electron chi connectivity index (χ0n) is 17.3. The molecule has 3 aromatic rings. The van der Waals surface area contributed by atoms with E-state index >= 15 is 0 Å². The van der Waals surface area contributed by atoms with Crippen LogP contribution in [-0.2, 0) is 27.9 Å². The van der Waals surface area contributed by atoms with E-state index in [1.807, 2.05) is 12.1 Å². The third-order valence-corrected chi connectivity index (χ3v) is 6.70. The molecule has 0 N–H and O–H groups in total. The molecule has 0 saturated heterocycles. The van der Waals surface area contributed by atoms with Gasteiger partial charge in [0.25, 0.3) is 5.56 Å². The first-order chi connectivity index (χ1) is 14.6. The van der Waals surface area contributed by atoms with Crippen LogP contribution in [0.15, 0.2) is 68.8 Å². The topological polar surface area (TPSA) is 92.8 Å². The van der Waals surface area contributed by atoms with Crippen LogP contribution in [0.5, 0.6) is 0 Å². The van der Waals surface area contributed by atoms with Gasteiger partial charge in [-0.05, 0) is 42.5 Å². The number of furan rings is 1. The predicted molar refractivity (Wildman–Crippen MR) is 117 cm³/mol. The van der Waals surface area contributed by atoms with Crippen LogP contribution in [0.3, 0.4) is 0 Å². The Morgan fingerprint density at radius 1 is 1.03 bits per heavy atom. The van der Waals surface area contributed by atoms with Crippen molar-refractivity contribution in [1.29, 1.82) is 0 Å². The van der Waals surface area contributed by atoms with Gasteiger partial charge < -0.3 is 13.9 Å². The van der Waals surface area contributed by atoms with Crippen LogP contribution in [-0.4, -0.2) is 49.2 Å². The Labute approximate surface area is 185 Å². The van der Waals surface area contributed by atoms with Crippen molar-refractivity contribution in [3.05, 3.63) is 75.9 Å². The molecule has 0 spiro atoms. The third-order valence-electron chi connectivity index (χ3n) is 4.65. The summed E-state index contributed by atoms with van der Waals surface area (Å²) in [6.07, 6.45) is 1.18. The number of benzene rings is 1. The number of likely N-dealkylation sites (N-methyl/N-ethyl adjacent to an activating group) is 1. The molecule has 2 aromatic heterocycles. The summed E-state index contributed by atoms with van der Waals surface area (Å²) in [5.74, 6) is 0.841. The molecule has 2 heterocycles. The van der Waals surface area contributed by atoms with E-state index in [9.17, 15) is 18.0 Å². The summed E-state index contributed by atoms with van der Waals surface area (Å²) in [5, 5.41) is 0.624. The zero-order valence-corrected chi connectivity index (χ0v) is 18.9. The largest absolute Gasteiger partial charge is 0.459 e. The van der Waals surface area contributed by atoms with Crippen LogP contribution in [0, 0.1) is 0 Å². The molecule has 10 heteroatoms. The normalized spacial score (nSPS) is 11.6. The summed E-state index contributed by atoms with van der Waals surface area (Å²) in [7, 11) is 0.648. The lowest BCUT2D eigenvalue weighted by molar-refractivity contribution is -0.131. The standard InChI is InChI=1S/C21H22ClN3O5S/c1-23(2)31(28,29)18-9-11-20(26)25(13-18)14-21(27)24(3)12-17-8-10-19(30-17)15-4-6-16(22)7-5-15/h4-11,13H,12,14H2,1-3H3. The van der Waals surface area contributed by atoms with E-state index in [-0.39, 0.29) is 23.9 Å². The van der Waals surface area contributed by atoms with Crippen molar-refractivity contribution in [3.8, 4) is 11.3 Å². The maximum Gasteiger partial charge on any atom is 0.251 e. The van der Waals surface area contributed by atoms with Crippen molar-refractivity contribution in [2.45, 2.75) is 18.0 Å². The Bertz CT molecular complexity index is 1250. The number of pyridine rings is 1. The lowest BCUT2D eigenvalue weighted by atomic mass is 10.2. The number of carbonyl (C=O) groups is 1. The van der Waals surface area contributed by atoms with E-state index in [2.05, 4.69) is 0 Å². The van der Waals surface area contributed by atoms with Crippen LogP contribution in [0.4, 0.5) is 0 Å². The molecule has 1 amide bonds. The summed E-state index contributed by atoms with van der Waals surface area (Å²) in [6, 6.07) is 13.1. The quantitative estimate of drug-likeness (QED) is 0.537. The van der Waals surface area contributed by atoms with E-state index in [0.717, 1.165) is 20.5 Å². The zero-order chi connectivity index (χ0) is 22.8. The Balaban J connectivity index is 1.72. The lowest BCUT2D eigenvalue weighted by Crippen LogP contribution is -2.34. The maximum atomic E-state index is 12.6. The smallest absolute Gasteiger partial charge is 0.251 e. The molecule has 0 aliphatic carbocycles. The highest BCUT2D eigenvalue weighted by Gasteiger charge is 2.20. The van der Waals surface area contributed by atoms with Gasteiger partial charge in [-0.2, -0.15) is 0 Å². The second-order valence-corrected chi connectivity index (χ2v) is 9.73. The summed E-state index contributed by atoms with van der Waals surface area (Å²) < 4.78 is 32.5. The van der Waals surface area contributed by atoms with Gasteiger partial charge >= 0.3 is 0 Å². The number of amides is 1. The van der Waals surface area contributed by atoms with Crippen molar-refractivity contribution < 1.29 is 17.6 Å². The third kappa shape index (κ3) is 5.25. The molecule has 3 rings (SSSR count). The Morgan fingerprint density at radius 2 is 1.71 bits per heavy atom. The van der Waals surface area contributed by atoms with Crippen molar-refractivity contribution in [1.82, 2.24) is 13.8 Å². The minimum atomic E-state index is -3.72.